The van der Waals surface area contributed by atoms with E-state index < -0.39 is 0 Å². The zero-order chi connectivity index (χ0) is 7.11. The van der Waals surface area contributed by atoms with Crippen LogP contribution in [0.5, 0.6) is 0 Å². The van der Waals surface area contributed by atoms with Crippen LogP contribution in [0.25, 0.3) is 0 Å². The van der Waals surface area contributed by atoms with Crippen LogP contribution in [-0.4, -0.2) is 27.4 Å². The first-order valence-corrected chi connectivity index (χ1v) is 2.94. The van der Waals surface area contributed by atoms with E-state index in [4.69, 9.17) is 9.47 Å². The van der Waals surface area contributed by atoms with Crippen molar-refractivity contribution < 1.29 is 9.47 Å². The van der Waals surface area contributed by atoms with E-state index in [1.54, 1.807) is 14.2 Å². The molecule has 0 bridgehead atoms. The van der Waals surface area contributed by atoms with Gasteiger partial charge in [-0.25, -0.2) is 0 Å². The molecule has 0 aromatic rings. The van der Waals surface area contributed by atoms with Crippen molar-refractivity contribution in [1.82, 2.24) is 0 Å². The molecule has 0 saturated heterocycles. The molecule has 0 aliphatic heterocycles. The molecule has 0 rings (SSSR count). The minimum atomic E-state index is 0.676. The second kappa shape index (κ2) is 5.79. The van der Waals surface area contributed by atoms with Gasteiger partial charge >= 0.3 is 0 Å². The molecule has 0 aromatic carbocycles. The van der Waals surface area contributed by atoms with Crippen molar-refractivity contribution in [3.05, 3.63) is 11.6 Å². The van der Waals surface area contributed by atoms with Gasteiger partial charge in [0.05, 0.1) is 13.2 Å². The third kappa shape index (κ3) is 5.53. The molecule has 0 amide bonds. The van der Waals surface area contributed by atoms with Crippen LogP contribution in [0, 0.1) is 0 Å². The summed E-state index contributed by atoms with van der Waals surface area (Å²) in [4.78, 5) is 0. The fourth-order valence-corrected chi connectivity index (χ4v) is 0.512. The van der Waals surface area contributed by atoms with Gasteiger partial charge in [0, 0.05) is 14.2 Å². The van der Waals surface area contributed by atoms with Gasteiger partial charge in [0.25, 0.3) is 0 Å². The third-order valence-electron chi connectivity index (χ3n) is 0.970. The van der Waals surface area contributed by atoms with E-state index in [-0.39, 0.29) is 0 Å². The van der Waals surface area contributed by atoms with E-state index in [1.165, 1.54) is 5.57 Å². The molecule has 0 fully saturated rings. The Hall–Kier alpha value is -0.340. The predicted octanol–water partition coefficient (Wildman–Crippen LogP) is 1.23. The van der Waals surface area contributed by atoms with Crippen molar-refractivity contribution in [2.75, 3.05) is 27.4 Å². The molecule has 0 aromatic heterocycles. The molecule has 2 heteroatoms. The smallest absolute Gasteiger partial charge is 0.0671 e. The highest BCUT2D eigenvalue weighted by molar-refractivity contribution is 4.97. The molecule has 0 atom stereocenters. The number of hydrogen-bond donors (Lipinski definition) is 0. The lowest BCUT2D eigenvalue weighted by molar-refractivity contribution is 0.217. The summed E-state index contributed by atoms with van der Waals surface area (Å²) < 4.78 is 9.70. The van der Waals surface area contributed by atoms with Gasteiger partial charge in [0.15, 0.2) is 0 Å². The molecular weight excluding hydrogens is 116 g/mol. The van der Waals surface area contributed by atoms with E-state index >= 15 is 0 Å². The van der Waals surface area contributed by atoms with Gasteiger partial charge in [-0.2, -0.15) is 0 Å². The molecule has 0 spiro atoms. The fourth-order valence-electron chi connectivity index (χ4n) is 0.512. The second-order valence-corrected chi connectivity index (χ2v) is 1.94. The first-order valence-electron chi connectivity index (χ1n) is 2.94. The van der Waals surface area contributed by atoms with Crippen LogP contribution in [-0.2, 0) is 9.47 Å². The molecule has 0 unspecified atom stereocenters. The number of rotatable bonds is 4. The molecule has 0 N–H and O–H groups in total. The highest BCUT2D eigenvalue weighted by Crippen LogP contribution is 1.90. The minimum absolute atomic E-state index is 0.676. The average molecular weight is 130 g/mol. The average Bonchev–Trinajstić information content (AvgIpc) is 1.85. The van der Waals surface area contributed by atoms with Crippen molar-refractivity contribution in [2.45, 2.75) is 6.92 Å². The van der Waals surface area contributed by atoms with Crippen LogP contribution in [0.1, 0.15) is 6.92 Å². The maximum Gasteiger partial charge on any atom is 0.0671 e. The zero-order valence-electron chi connectivity index (χ0n) is 6.31. The Labute approximate surface area is 56.5 Å². The highest BCUT2D eigenvalue weighted by Gasteiger charge is 1.84. The molecule has 0 radical (unpaired) electrons. The van der Waals surface area contributed by atoms with E-state index in [0.717, 1.165) is 0 Å². The van der Waals surface area contributed by atoms with Crippen LogP contribution in [0.15, 0.2) is 11.6 Å². The van der Waals surface area contributed by atoms with Crippen LogP contribution in [0.4, 0.5) is 0 Å². The maximum atomic E-state index is 4.88. The molecular formula is C7H14O2. The van der Waals surface area contributed by atoms with Gasteiger partial charge in [0.2, 0.25) is 0 Å². The van der Waals surface area contributed by atoms with Gasteiger partial charge in [-0.3, -0.25) is 0 Å². The molecule has 9 heavy (non-hydrogen) atoms. The summed E-state index contributed by atoms with van der Waals surface area (Å²) >= 11 is 0. The van der Waals surface area contributed by atoms with Crippen LogP contribution in [0.3, 0.4) is 0 Å². The van der Waals surface area contributed by atoms with E-state index in [0.29, 0.717) is 13.2 Å². The summed E-state index contributed by atoms with van der Waals surface area (Å²) in [5.74, 6) is 0. The number of methoxy groups -OCH3 is 2. The largest absolute Gasteiger partial charge is 0.381 e. The SMILES string of the molecule is COC/C=C(/C)COC. The van der Waals surface area contributed by atoms with Gasteiger partial charge in [0.1, 0.15) is 0 Å². The van der Waals surface area contributed by atoms with Gasteiger partial charge < -0.3 is 9.47 Å². The lowest BCUT2D eigenvalue weighted by atomic mass is 10.3. The summed E-state index contributed by atoms with van der Waals surface area (Å²) in [6.07, 6.45) is 2.00. The van der Waals surface area contributed by atoms with Crippen molar-refractivity contribution in [3.8, 4) is 0 Å². The summed E-state index contributed by atoms with van der Waals surface area (Å²) in [5.41, 5.74) is 1.21. The monoisotopic (exact) mass is 130 g/mol. The molecule has 54 valence electrons. The summed E-state index contributed by atoms with van der Waals surface area (Å²) in [5, 5.41) is 0. The quantitative estimate of drug-likeness (QED) is 0.533. The Morgan fingerprint density at radius 3 is 2.44 bits per heavy atom. The van der Waals surface area contributed by atoms with Gasteiger partial charge in [-0.05, 0) is 12.5 Å². The zero-order valence-corrected chi connectivity index (χ0v) is 6.31. The topological polar surface area (TPSA) is 18.5 Å². The highest BCUT2D eigenvalue weighted by atomic mass is 16.5. The standard InChI is InChI=1S/C7H14O2/c1-7(6-9-3)4-5-8-2/h4H,5-6H2,1-3H3/b7-4-. The Kier molecular flexibility index (Phi) is 5.57. The number of hydrogen-bond acceptors (Lipinski definition) is 2. The van der Waals surface area contributed by atoms with E-state index in [9.17, 15) is 0 Å². The Balaban J connectivity index is 3.30. The first-order chi connectivity index (χ1) is 4.31. The Morgan fingerprint density at radius 2 is 2.00 bits per heavy atom. The normalized spacial score (nSPS) is 12.1. The van der Waals surface area contributed by atoms with E-state index in [1.807, 2.05) is 13.0 Å². The van der Waals surface area contributed by atoms with Gasteiger partial charge in [-0.15, -0.1) is 0 Å². The van der Waals surface area contributed by atoms with Crippen molar-refractivity contribution in [1.29, 1.82) is 0 Å². The van der Waals surface area contributed by atoms with Crippen molar-refractivity contribution in [2.24, 2.45) is 0 Å². The lowest BCUT2D eigenvalue weighted by Crippen LogP contribution is -1.92. The molecule has 0 aliphatic carbocycles. The van der Waals surface area contributed by atoms with Crippen LogP contribution >= 0.6 is 0 Å². The summed E-state index contributed by atoms with van der Waals surface area (Å²) in [7, 11) is 3.36. The molecule has 2 nitrogen and oxygen atoms in total. The van der Waals surface area contributed by atoms with E-state index in [2.05, 4.69) is 0 Å². The molecule has 0 heterocycles. The predicted molar refractivity (Wildman–Crippen MR) is 37.5 cm³/mol. The minimum Gasteiger partial charge on any atom is -0.381 e. The van der Waals surface area contributed by atoms with Crippen LogP contribution in [0.2, 0.25) is 0 Å². The van der Waals surface area contributed by atoms with Crippen molar-refractivity contribution >= 4 is 0 Å². The lowest BCUT2D eigenvalue weighted by Gasteiger charge is -1.96. The maximum absolute atomic E-state index is 4.88. The third-order valence-corrected chi connectivity index (χ3v) is 0.970. The molecule has 0 aliphatic rings. The second-order valence-electron chi connectivity index (χ2n) is 1.94. The fraction of sp³-hybridized carbons (Fsp3) is 0.714. The van der Waals surface area contributed by atoms with Gasteiger partial charge in [-0.1, -0.05) is 6.08 Å². The summed E-state index contributed by atoms with van der Waals surface area (Å²) in [6, 6.07) is 0. The van der Waals surface area contributed by atoms with Crippen molar-refractivity contribution in [3.63, 3.8) is 0 Å². The van der Waals surface area contributed by atoms with Crippen LogP contribution < -0.4 is 0 Å². The first kappa shape index (κ1) is 8.66. The Bertz CT molecular complexity index is 86.9. The molecule has 0 saturated carbocycles. The summed E-state index contributed by atoms with van der Waals surface area (Å²) in [6.45, 7) is 3.39. The number of ether oxygens (including phenoxy) is 2. The Morgan fingerprint density at radius 1 is 1.33 bits per heavy atom.